The van der Waals surface area contributed by atoms with Crippen molar-refractivity contribution in [2.45, 2.75) is 13.8 Å². The van der Waals surface area contributed by atoms with E-state index in [1.807, 2.05) is 49.4 Å². The van der Waals surface area contributed by atoms with E-state index >= 15 is 0 Å². The standard InChI is InChI=1S/C21H19BrN2O2S/c1-4-9-26-18-8-6-16(22)11-15(18)12-19-20(25)24-21(27-19)23-17-7-5-13(2)14(3)10-17/h4-8,10-12H,1,9H2,2-3H3,(H,23,24,25)/b19-12-. The first-order valence-electron chi connectivity index (χ1n) is 8.36. The molecule has 0 bridgehead atoms. The molecule has 0 aromatic heterocycles. The molecule has 1 heterocycles. The highest BCUT2D eigenvalue weighted by molar-refractivity contribution is 9.10. The van der Waals surface area contributed by atoms with Gasteiger partial charge in [0.1, 0.15) is 12.4 Å². The summed E-state index contributed by atoms with van der Waals surface area (Å²) in [5.41, 5.74) is 4.01. The van der Waals surface area contributed by atoms with Gasteiger partial charge in [0.25, 0.3) is 5.91 Å². The molecule has 1 amide bonds. The molecule has 2 aromatic rings. The molecule has 0 unspecified atom stereocenters. The van der Waals surface area contributed by atoms with Crippen LogP contribution < -0.4 is 10.1 Å². The molecule has 1 N–H and O–H groups in total. The molecule has 0 saturated carbocycles. The summed E-state index contributed by atoms with van der Waals surface area (Å²) < 4.78 is 6.59. The van der Waals surface area contributed by atoms with Crippen molar-refractivity contribution >= 4 is 50.5 Å². The van der Waals surface area contributed by atoms with Gasteiger partial charge in [0, 0.05) is 10.0 Å². The van der Waals surface area contributed by atoms with Crippen molar-refractivity contribution in [2.75, 3.05) is 6.61 Å². The van der Waals surface area contributed by atoms with Gasteiger partial charge in [-0.3, -0.25) is 4.79 Å². The number of nitrogens with zero attached hydrogens (tertiary/aromatic N) is 1. The summed E-state index contributed by atoms with van der Waals surface area (Å²) >= 11 is 4.78. The van der Waals surface area contributed by atoms with Crippen molar-refractivity contribution < 1.29 is 9.53 Å². The number of ether oxygens (including phenoxy) is 1. The van der Waals surface area contributed by atoms with Crippen LogP contribution in [0.15, 0.2) is 63.4 Å². The van der Waals surface area contributed by atoms with Crippen LogP contribution in [0.3, 0.4) is 0 Å². The number of carbonyl (C=O) groups excluding carboxylic acids is 1. The summed E-state index contributed by atoms with van der Waals surface area (Å²) in [5.74, 6) is 0.524. The Hall–Kier alpha value is -2.31. The Labute approximate surface area is 171 Å². The Balaban J connectivity index is 1.87. The summed E-state index contributed by atoms with van der Waals surface area (Å²) in [7, 11) is 0. The molecule has 4 nitrogen and oxygen atoms in total. The largest absolute Gasteiger partial charge is 0.489 e. The lowest BCUT2D eigenvalue weighted by Gasteiger charge is -2.08. The van der Waals surface area contributed by atoms with Crippen LogP contribution in [0.25, 0.3) is 6.08 Å². The maximum atomic E-state index is 12.4. The fourth-order valence-corrected chi connectivity index (χ4v) is 3.66. The summed E-state index contributed by atoms with van der Waals surface area (Å²) in [6.07, 6.45) is 3.50. The number of aliphatic imine (C=N–C) groups is 1. The third kappa shape index (κ3) is 4.90. The molecule has 0 aliphatic carbocycles. The Morgan fingerprint density at radius 1 is 1.22 bits per heavy atom. The SMILES string of the molecule is C=CCOc1ccc(Br)cc1/C=C1\SC(=Nc2ccc(C)c(C)c2)NC1=O. The van der Waals surface area contributed by atoms with Gasteiger partial charge < -0.3 is 10.1 Å². The monoisotopic (exact) mass is 442 g/mol. The van der Waals surface area contributed by atoms with Crippen molar-refractivity contribution in [1.29, 1.82) is 0 Å². The predicted molar refractivity (Wildman–Crippen MR) is 117 cm³/mol. The third-order valence-electron chi connectivity index (χ3n) is 3.99. The van der Waals surface area contributed by atoms with E-state index in [0.717, 1.165) is 15.7 Å². The quantitative estimate of drug-likeness (QED) is 0.489. The number of hydrogen-bond donors (Lipinski definition) is 1. The van der Waals surface area contributed by atoms with Crippen molar-refractivity contribution in [1.82, 2.24) is 5.32 Å². The van der Waals surface area contributed by atoms with E-state index in [0.29, 0.717) is 22.4 Å². The molecule has 6 heteroatoms. The normalized spacial score (nSPS) is 16.6. The number of amidine groups is 1. The number of nitrogens with one attached hydrogen (secondary N) is 1. The highest BCUT2D eigenvalue weighted by atomic mass is 79.9. The number of rotatable bonds is 5. The van der Waals surface area contributed by atoms with Gasteiger partial charge in [-0.15, -0.1) is 0 Å². The molecule has 0 radical (unpaired) electrons. The van der Waals surface area contributed by atoms with Crippen LogP contribution in [-0.4, -0.2) is 17.7 Å². The zero-order valence-electron chi connectivity index (χ0n) is 15.1. The van der Waals surface area contributed by atoms with Crippen LogP contribution in [0.5, 0.6) is 5.75 Å². The van der Waals surface area contributed by atoms with Crippen molar-refractivity contribution in [3.8, 4) is 5.75 Å². The Morgan fingerprint density at radius 3 is 2.78 bits per heavy atom. The van der Waals surface area contributed by atoms with Gasteiger partial charge >= 0.3 is 0 Å². The van der Waals surface area contributed by atoms with Crippen LogP contribution in [0.4, 0.5) is 5.69 Å². The van der Waals surface area contributed by atoms with Gasteiger partial charge in [0.05, 0.1) is 10.6 Å². The number of thioether (sulfide) groups is 1. The molecule has 1 fully saturated rings. The molecule has 2 aromatic carbocycles. The lowest BCUT2D eigenvalue weighted by molar-refractivity contribution is -0.115. The second-order valence-corrected chi connectivity index (χ2v) is 7.98. The van der Waals surface area contributed by atoms with Gasteiger partial charge in [-0.25, -0.2) is 4.99 Å². The van der Waals surface area contributed by atoms with Crippen LogP contribution in [0.1, 0.15) is 16.7 Å². The van der Waals surface area contributed by atoms with Gasteiger partial charge in [-0.2, -0.15) is 0 Å². The van der Waals surface area contributed by atoms with E-state index in [1.54, 1.807) is 6.08 Å². The number of hydrogen-bond acceptors (Lipinski definition) is 4. The molecule has 138 valence electrons. The highest BCUT2D eigenvalue weighted by Gasteiger charge is 2.24. The third-order valence-corrected chi connectivity index (χ3v) is 5.39. The van der Waals surface area contributed by atoms with Crippen LogP contribution in [-0.2, 0) is 4.79 Å². The average molecular weight is 443 g/mol. The molecule has 27 heavy (non-hydrogen) atoms. The van der Waals surface area contributed by atoms with Gasteiger partial charge in [-0.1, -0.05) is 34.7 Å². The number of amides is 1. The predicted octanol–water partition coefficient (Wildman–Crippen LogP) is 5.52. The summed E-state index contributed by atoms with van der Waals surface area (Å²) in [6, 6.07) is 11.7. The van der Waals surface area contributed by atoms with Crippen molar-refractivity contribution in [3.05, 3.63) is 75.1 Å². The molecule has 1 aliphatic rings. The van der Waals surface area contributed by atoms with E-state index in [2.05, 4.69) is 39.7 Å². The molecule has 1 saturated heterocycles. The van der Waals surface area contributed by atoms with E-state index in [4.69, 9.17) is 4.74 Å². The summed E-state index contributed by atoms with van der Waals surface area (Å²) in [6.45, 7) is 8.17. The number of halogens is 1. The number of benzene rings is 2. The van der Waals surface area contributed by atoms with E-state index < -0.39 is 0 Å². The van der Waals surface area contributed by atoms with Gasteiger partial charge in [0.2, 0.25) is 0 Å². The Morgan fingerprint density at radius 2 is 2.04 bits per heavy atom. The summed E-state index contributed by atoms with van der Waals surface area (Å²) in [5, 5.41) is 3.39. The van der Waals surface area contributed by atoms with Crippen LogP contribution >= 0.6 is 27.7 Å². The maximum absolute atomic E-state index is 12.4. The van der Waals surface area contributed by atoms with Crippen molar-refractivity contribution in [3.63, 3.8) is 0 Å². The minimum absolute atomic E-state index is 0.169. The molecular formula is C21H19BrN2O2S. The minimum Gasteiger partial charge on any atom is -0.489 e. The first kappa shape index (κ1) is 19.5. The Bertz CT molecular complexity index is 967. The smallest absolute Gasteiger partial charge is 0.264 e. The first-order valence-corrected chi connectivity index (χ1v) is 9.97. The van der Waals surface area contributed by atoms with Gasteiger partial charge in [-0.05, 0) is 73.1 Å². The minimum atomic E-state index is -0.169. The van der Waals surface area contributed by atoms with Crippen LogP contribution in [0, 0.1) is 13.8 Å². The number of aryl methyl sites for hydroxylation is 2. The highest BCUT2D eigenvalue weighted by Crippen LogP contribution is 2.32. The lowest BCUT2D eigenvalue weighted by atomic mass is 10.1. The molecule has 1 aliphatic heterocycles. The zero-order chi connectivity index (χ0) is 19.4. The topological polar surface area (TPSA) is 50.7 Å². The molecular weight excluding hydrogens is 424 g/mol. The molecule has 3 rings (SSSR count). The van der Waals surface area contributed by atoms with Crippen LogP contribution in [0.2, 0.25) is 0 Å². The van der Waals surface area contributed by atoms with E-state index in [1.165, 1.54) is 22.9 Å². The molecule has 0 atom stereocenters. The van der Waals surface area contributed by atoms with E-state index in [9.17, 15) is 4.79 Å². The average Bonchev–Trinajstić information content (AvgIpc) is 2.96. The lowest BCUT2D eigenvalue weighted by Crippen LogP contribution is -2.19. The zero-order valence-corrected chi connectivity index (χ0v) is 17.5. The Kier molecular flexibility index (Phi) is 6.19. The van der Waals surface area contributed by atoms with Crippen molar-refractivity contribution in [2.24, 2.45) is 4.99 Å². The fraction of sp³-hybridized carbons (Fsp3) is 0.143. The fourth-order valence-electron chi connectivity index (χ4n) is 2.45. The van der Waals surface area contributed by atoms with Gasteiger partial charge in [0.15, 0.2) is 5.17 Å². The van der Waals surface area contributed by atoms with E-state index in [-0.39, 0.29) is 5.91 Å². The second kappa shape index (κ2) is 8.59. The second-order valence-electron chi connectivity index (χ2n) is 6.03. The molecule has 0 spiro atoms. The summed E-state index contributed by atoms with van der Waals surface area (Å²) in [4.78, 5) is 17.5. The number of carbonyl (C=O) groups is 1. The maximum Gasteiger partial charge on any atom is 0.264 e. The first-order chi connectivity index (χ1) is 13.0.